The summed E-state index contributed by atoms with van der Waals surface area (Å²) in [5.41, 5.74) is 1.81. The quantitative estimate of drug-likeness (QED) is 0.632. The Morgan fingerprint density at radius 1 is 1.00 bits per heavy atom. The van der Waals surface area contributed by atoms with Crippen LogP contribution in [-0.4, -0.2) is 30.3 Å². The molecule has 0 aromatic heterocycles. The van der Waals surface area contributed by atoms with Gasteiger partial charge in [0.25, 0.3) is 0 Å². The number of Topliss-reactive ketones (excluding diaryl/α,β-unsaturated/α-hetero) is 1. The molecule has 0 radical (unpaired) electrons. The largest absolute Gasteiger partial charge is 0.304 e. The Morgan fingerprint density at radius 3 is 2.17 bits per heavy atom. The van der Waals surface area contributed by atoms with Gasteiger partial charge < -0.3 is 4.90 Å². The van der Waals surface area contributed by atoms with Crippen molar-refractivity contribution < 1.29 is 4.79 Å². The average molecular weight is 330 g/mol. The maximum atomic E-state index is 13.0. The molecule has 0 heterocycles. The molecular formula is C20H24ClNO. The lowest BCUT2D eigenvalue weighted by Crippen LogP contribution is -2.27. The third-order valence-electron chi connectivity index (χ3n) is 4.28. The molecule has 0 aliphatic carbocycles. The van der Waals surface area contributed by atoms with Crippen molar-refractivity contribution >= 4 is 17.4 Å². The van der Waals surface area contributed by atoms with Crippen molar-refractivity contribution in [1.82, 2.24) is 4.90 Å². The number of benzene rings is 2. The van der Waals surface area contributed by atoms with Crippen LogP contribution < -0.4 is 0 Å². The van der Waals surface area contributed by atoms with Gasteiger partial charge >= 0.3 is 0 Å². The molecule has 1 unspecified atom stereocenters. The first-order valence-corrected chi connectivity index (χ1v) is 8.60. The normalized spacial score (nSPS) is 12.3. The second-order valence-corrected chi connectivity index (χ2v) is 6.09. The van der Waals surface area contributed by atoms with Crippen LogP contribution in [0.25, 0.3) is 0 Å². The van der Waals surface area contributed by atoms with Crippen LogP contribution in [0.4, 0.5) is 0 Å². The minimum atomic E-state index is -0.113. The summed E-state index contributed by atoms with van der Waals surface area (Å²) in [5, 5.41) is 0.654. The fourth-order valence-corrected chi connectivity index (χ4v) is 2.93. The maximum Gasteiger partial charge on any atom is 0.170 e. The summed E-state index contributed by atoms with van der Waals surface area (Å²) in [4.78, 5) is 15.3. The first-order valence-electron chi connectivity index (χ1n) is 8.22. The van der Waals surface area contributed by atoms with Crippen molar-refractivity contribution in [2.24, 2.45) is 0 Å². The van der Waals surface area contributed by atoms with Gasteiger partial charge in [-0.05, 0) is 55.9 Å². The average Bonchev–Trinajstić information content (AvgIpc) is 2.60. The molecule has 0 bridgehead atoms. The topological polar surface area (TPSA) is 20.3 Å². The zero-order valence-electron chi connectivity index (χ0n) is 13.8. The molecule has 2 nitrogen and oxygen atoms in total. The van der Waals surface area contributed by atoms with E-state index in [1.54, 1.807) is 12.1 Å². The highest BCUT2D eigenvalue weighted by Crippen LogP contribution is 2.25. The molecule has 122 valence electrons. The molecule has 0 spiro atoms. The van der Waals surface area contributed by atoms with E-state index in [2.05, 4.69) is 18.7 Å². The highest BCUT2D eigenvalue weighted by molar-refractivity contribution is 6.30. The molecule has 2 aromatic carbocycles. The summed E-state index contributed by atoms with van der Waals surface area (Å²) in [5.74, 6) is 0.0537. The molecule has 1 atom stereocenters. The number of hydrogen-bond acceptors (Lipinski definition) is 2. The molecular weight excluding hydrogens is 306 g/mol. The van der Waals surface area contributed by atoms with Crippen LogP contribution in [0.1, 0.15) is 42.1 Å². The summed E-state index contributed by atoms with van der Waals surface area (Å²) in [6, 6.07) is 17.3. The molecule has 0 N–H and O–H groups in total. The summed E-state index contributed by atoms with van der Waals surface area (Å²) in [6.45, 7) is 7.25. The van der Waals surface area contributed by atoms with Gasteiger partial charge in [-0.1, -0.05) is 55.8 Å². The number of carbonyl (C=O) groups excluding carboxylic acids is 1. The lowest BCUT2D eigenvalue weighted by molar-refractivity contribution is 0.0948. The Labute approximate surface area is 144 Å². The second kappa shape index (κ2) is 8.85. The number of ketones is 1. The number of hydrogen-bond donors (Lipinski definition) is 0. The predicted octanol–water partition coefficient (Wildman–Crippen LogP) is 5.04. The standard InChI is InChI=1S/C20H24ClNO/c1-3-22(4-2)15-14-19(16-8-6-5-7-9-16)20(23)17-10-12-18(21)13-11-17/h5-13,19H,3-4,14-15H2,1-2H3. The lowest BCUT2D eigenvalue weighted by Gasteiger charge is -2.22. The number of rotatable bonds is 8. The van der Waals surface area contributed by atoms with Crippen LogP contribution in [0.3, 0.4) is 0 Å². The van der Waals surface area contributed by atoms with Crippen LogP contribution in [0.5, 0.6) is 0 Å². The number of carbonyl (C=O) groups is 1. The molecule has 3 heteroatoms. The van der Waals surface area contributed by atoms with Crippen LogP contribution >= 0.6 is 11.6 Å². The highest BCUT2D eigenvalue weighted by atomic mass is 35.5. The summed E-state index contributed by atoms with van der Waals surface area (Å²) in [7, 11) is 0. The SMILES string of the molecule is CCN(CC)CCC(C(=O)c1ccc(Cl)cc1)c1ccccc1. The third-order valence-corrected chi connectivity index (χ3v) is 4.53. The van der Waals surface area contributed by atoms with Crippen molar-refractivity contribution in [3.63, 3.8) is 0 Å². The van der Waals surface area contributed by atoms with E-state index in [4.69, 9.17) is 11.6 Å². The van der Waals surface area contributed by atoms with E-state index in [0.29, 0.717) is 5.02 Å². The van der Waals surface area contributed by atoms with Gasteiger partial charge in [-0.15, -0.1) is 0 Å². The first-order chi connectivity index (χ1) is 11.2. The van der Waals surface area contributed by atoms with E-state index < -0.39 is 0 Å². The van der Waals surface area contributed by atoms with E-state index in [1.165, 1.54) is 0 Å². The fraction of sp³-hybridized carbons (Fsp3) is 0.350. The molecule has 2 rings (SSSR count). The Hall–Kier alpha value is -1.64. The smallest absolute Gasteiger partial charge is 0.170 e. The van der Waals surface area contributed by atoms with Gasteiger partial charge in [0, 0.05) is 16.5 Å². The van der Waals surface area contributed by atoms with Crippen LogP contribution in [-0.2, 0) is 0 Å². The van der Waals surface area contributed by atoms with Gasteiger partial charge in [0.05, 0.1) is 0 Å². The van der Waals surface area contributed by atoms with E-state index in [9.17, 15) is 4.79 Å². The maximum absolute atomic E-state index is 13.0. The van der Waals surface area contributed by atoms with Gasteiger partial charge in [-0.2, -0.15) is 0 Å². The van der Waals surface area contributed by atoms with Gasteiger partial charge in [0.15, 0.2) is 5.78 Å². The van der Waals surface area contributed by atoms with E-state index >= 15 is 0 Å². The third kappa shape index (κ3) is 4.92. The Balaban J connectivity index is 2.22. The molecule has 0 saturated heterocycles. The van der Waals surface area contributed by atoms with Gasteiger partial charge in [0.1, 0.15) is 0 Å². The van der Waals surface area contributed by atoms with Crippen LogP contribution in [0.2, 0.25) is 5.02 Å². The predicted molar refractivity (Wildman–Crippen MR) is 97.4 cm³/mol. The van der Waals surface area contributed by atoms with Crippen molar-refractivity contribution in [3.8, 4) is 0 Å². The van der Waals surface area contributed by atoms with Crippen molar-refractivity contribution in [1.29, 1.82) is 0 Å². The summed E-state index contributed by atoms with van der Waals surface area (Å²) < 4.78 is 0. The van der Waals surface area contributed by atoms with Gasteiger partial charge in [-0.25, -0.2) is 0 Å². The highest BCUT2D eigenvalue weighted by Gasteiger charge is 2.22. The van der Waals surface area contributed by atoms with Crippen molar-refractivity contribution in [2.45, 2.75) is 26.2 Å². The molecule has 23 heavy (non-hydrogen) atoms. The molecule has 0 saturated carbocycles. The Morgan fingerprint density at radius 2 is 1.61 bits per heavy atom. The van der Waals surface area contributed by atoms with E-state index in [1.807, 2.05) is 42.5 Å². The fourth-order valence-electron chi connectivity index (χ4n) is 2.80. The van der Waals surface area contributed by atoms with E-state index in [0.717, 1.165) is 37.2 Å². The zero-order chi connectivity index (χ0) is 16.7. The van der Waals surface area contributed by atoms with Gasteiger partial charge in [0.2, 0.25) is 0 Å². The molecule has 0 amide bonds. The minimum absolute atomic E-state index is 0.113. The summed E-state index contributed by atoms with van der Waals surface area (Å²) in [6.07, 6.45) is 0.827. The molecule has 0 aliphatic heterocycles. The van der Waals surface area contributed by atoms with Crippen molar-refractivity contribution in [3.05, 3.63) is 70.7 Å². The Bertz CT molecular complexity index is 605. The minimum Gasteiger partial charge on any atom is -0.304 e. The summed E-state index contributed by atoms with van der Waals surface area (Å²) >= 11 is 5.94. The first kappa shape index (κ1) is 17.7. The Kier molecular flexibility index (Phi) is 6.82. The van der Waals surface area contributed by atoms with Crippen LogP contribution in [0.15, 0.2) is 54.6 Å². The number of halogens is 1. The lowest BCUT2D eigenvalue weighted by atomic mass is 9.88. The monoisotopic (exact) mass is 329 g/mol. The van der Waals surface area contributed by atoms with E-state index in [-0.39, 0.29) is 11.7 Å². The molecule has 0 fully saturated rings. The molecule has 2 aromatic rings. The van der Waals surface area contributed by atoms with Gasteiger partial charge in [-0.3, -0.25) is 4.79 Å². The second-order valence-electron chi connectivity index (χ2n) is 5.65. The van der Waals surface area contributed by atoms with Crippen LogP contribution in [0, 0.1) is 0 Å². The van der Waals surface area contributed by atoms with Crippen molar-refractivity contribution in [2.75, 3.05) is 19.6 Å². The number of nitrogens with zero attached hydrogens (tertiary/aromatic N) is 1. The zero-order valence-corrected chi connectivity index (χ0v) is 14.6. The molecule has 0 aliphatic rings.